The van der Waals surface area contributed by atoms with E-state index in [2.05, 4.69) is 10.0 Å². The number of aliphatic hydroxyl groups is 1. The summed E-state index contributed by atoms with van der Waals surface area (Å²) in [5, 5.41) is 11.4. The molecule has 1 aromatic carbocycles. The monoisotopic (exact) mass is 272 g/mol. The molecule has 1 aromatic rings. The molecule has 0 aliphatic heterocycles. The van der Waals surface area contributed by atoms with Gasteiger partial charge in [0, 0.05) is 17.3 Å². The van der Waals surface area contributed by atoms with Crippen LogP contribution in [0.4, 0.5) is 5.69 Å². The summed E-state index contributed by atoms with van der Waals surface area (Å²) in [4.78, 5) is 11.6. The summed E-state index contributed by atoms with van der Waals surface area (Å²) in [7, 11) is -3.32. The SMILES string of the molecule is C[C@H](CO)NC(=O)c1ccc(NS(C)(=O)=O)cc1. The number of carbonyl (C=O) groups excluding carboxylic acids is 1. The van der Waals surface area contributed by atoms with E-state index in [-0.39, 0.29) is 18.6 Å². The number of amides is 1. The van der Waals surface area contributed by atoms with Crippen molar-refractivity contribution in [2.24, 2.45) is 0 Å². The van der Waals surface area contributed by atoms with Gasteiger partial charge in [-0.2, -0.15) is 0 Å². The fourth-order valence-corrected chi connectivity index (χ4v) is 1.82. The van der Waals surface area contributed by atoms with Crippen LogP contribution in [0.3, 0.4) is 0 Å². The zero-order valence-corrected chi connectivity index (χ0v) is 11.0. The third kappa shape index (κ3) is 4.72. The van der Waals surface area contributed by atoms with Gasteiger partial charge in [0.1, 0.15) is 0 Å². The van der Waals surface area contributed by atoms with E-state index >= 15 is 0 Å². The van der Waals surface area contributed by atoms with Crippen molar-refractivity contribution in [1.29, 1.82) is 0 Å². The molecule has 3 N–H and O–H groups in total. The molecule has 0 aromatic heterocycles. The highest BCUT2D eigenvalue weighted by Crippen LogP contribution is 2.10. The van der Waals surface area contributed by atoms with E-state index in [0.717, 1.165) is 6.26 Å². The van der Waals surface area contributed by atoms with Gasteiger partial charge in [0.25, 0.3) is 5.91 Å². The zero-order chi connectivity index (χ0) is 13.8. The van der Waals surface area contributed by atoms with E-state index in [1.165, 1.54) is 24.3 Å². The molecule has 1 amide bonds. The minimum absolute atomic E-state index is 0.139. The van der Waals surface area contributed by atoms with Crippen molar-refractivity contribution < 1.29 is 18.3 Å². The van der Waals surface area contributed by atoms with Gasteiger partial charge in [-0.05, 0) is 31.2 Å². The molecular formula is C11H16N2O4S. The quantitative estimate of drug-likeness (QED) is 0.712. The van der Waals surface area contributed by atoms with Gasteiger partial charge in [0.15, 0.2) is 0 Å². The summed E-state index contributed by atoms with van der Waals surface area (Å²) in [6.45, 7) is 1.54. The first-order valence-corrected chi connectivity index (χ1v) is 7.20. The van der Waals surface area contributed by atoms with E-state index in [9.17, 15) is 13.2 Å². The van der Waals surface area contributed by atoms with E-state index < -0.39 is 10.0 Å². The van der Waals surface area contributed by atoms with Crippen LogP contribution in [-0.2, 0) is 10.0 Å². The molecule has 0 spiro atoms. The second kappa shape index (κ2) is 5.83. The summed E-state index contributed by atoms with van der Waals surface area (Å²) in [5.41, 5.74) is 0.790. The van der Waals surface area contributed by atoms with Crippen LogP contribution < -0.4 is 10.0 Å². The van der Waals surface area contributed by atoms with Crippen LogP contribution in [0.15, 0.2) is 24.3 Å². The maximum absolute atomic E-state index is 11.6. The Morgan fingerprint density at radius 3 is 2.33 bits per heavy atom. The Balaban J connectivity index is 2.74. The lowest BCUT2D eigenvalue weighted by atomic mass is 10.2. The van der Waals surface area contributed by atoms with Crippen LogP contribution >= 0.6 is 0 Å². The van der Waals surface area contributed by atoms with Gasteiger partial charge in [-0.15, -0.1) is 0 Å². The number of benzene rings is 1. The fourth-order valence-electron chi connectivity index (χ4n) is 1.26. The average Bonchev–Trinajstić information content (AvgIpc) is 2.27. The van der Waals surface area contributed by atoms with Crippen LogP contribution in [-0.4, -0.2) is 38.3 Å². The van der Waals surface area contributed by atoms with E-state index in [0.29, 0.717) is 11.3 Å². The number of aliphatic hydroxyl groups excluding tert-OH is 1. The van der Waals surface area contributed by atoms with Gasteiger partial charge in [-0.3, -0.25) is 9.52 Å². The molecule has 0 unspecified atom stereocenters. The standard InChI is InChI=1S/C11H16N2O4S/c1-8(7-14)12-11(15)9-3-5-10(6-4-9)13-18(2,16)17/h3-6,8,13-14H,7H2,1-2H3,(H,12,15)/t8-/m1/s1. The number of rotatable bonds is 5. The first kappa shape index (κ1) is 14.5. The van der Waals surface area contributed by atoms with Crippen molar-refractivity contribution in [3.05, 3.63) is 29.8 Å². The van der Waals surface area contributed by atoms with Crippen LogP contribution in [0.2, 0.25) is 0 Å². The summed E-state index contributed by atoms with van der Waals surface area (Å²) in [6.07, 6.45) is 1.05. The molecule has 7 heteroatoms. The lowest BCUT2D eigenvalue weighted by Gasteiger charge is -2.11. The summed E-state index contributed by atoms with van der Waals surface area (Å²) < 4.78 is 24.3. The third-order valence-electron chi connectivity index (χ3n) is 2.10. The van der Waals surface area contributed by atoms with E-state index in [1.807, 2.05) is 0 Å². The van der Waals surface area contributed by atoms with Crippen LogP contribution in [0, 0.1) is 0 Å². The van der Waals surface area contributed by atoms with Gasteiger partial charge in [0.2, 0.25) is 10.0 Å². The molecule has 1 rings (SSSR count). The molecule has 0 heterocycles. The molecule has 0 fully saturated rings. The lowest BCUT2D eigenvalue weighted by Crippen LogP contribution is -2.34. The third-order valence-corrected chi connectivity index (χ3v) is 2.71. The van der Waals surface area contributed by atoms with Crippen LogP contribution in [0.25, 0.3) is 0 Å². The molecule has 0 bridgehead atoms. The lowest BCUT2D eigenvalue weighted by molar-refractivity contribution is 0.0922. The molecule has 0 saturated heterocycles. The molecule has 18 heavy (non-hydrogen) atoms. The van der Waals surface area contributed by atoms with E-state index in [1.54, 1.807) is 6.92 Å². The second-order valence-corrected chi connectivity index (χ2v) is 5.76. The highest BCUT2D eigenvalue weighted by Gasteiger charge is 2.09. The molecule has 6 nitrogen and oxygen atoms in total. The number of carbonyl (C=O) groups is 1. The summed E-state index contributed by atoms with van der Waals surface area (Å²) in [5.74, 6) is -0.317. The van der Waals surface area contributed by atoms with Gasteiger partial charge in [-0.1, -0.05) is 0 Å². The Labute approximate surface area is 106 Å². The highest BCUT2D eigenvalue weighted by atomic mass is 32.2. The van der Waals surface area contributed by atoms with E-state index in [4.69, 9.17) is 5.11 Å². The average molecular weight is 272 g/mol. The first-order chi connectivity index (χ1) is 8.31. The van der Waals surface area contributed by atoms with Crippen LogP contribution in [0.1, 0.15) is 17.3 Å². The number of nitrogens with one attached hydrogen (secondary N) is 2. The Bertz CT molecular complexity index is 510. The highest BCUT2D eigenvalue weighted by molar-refractivity contribution is 7.92. The number of sulfonamides is 1. The van der Waals surface area contributed by atoms with Gasteiger partial charge >= 0.3 is 0 Å². The minimum atomic E-state index is -3.32. The van der Waals surface area contributed by atoms with Gasteiger partial charge in [0.05, 0.1) is 12.9 Å². The molecule has 1 atom stereocenters. The predicted molar refractivity (Wildman–Crippen MR) is 68.9 cm³/mol. The fraction of sp³-hybridized carbons (Fsp3) is 0.364. The Morgan fingerprint density at radius 2 is 1.89 bits per heavy atom. The number of anilines is 1. The first-order valence-electron chi connectivity index (χ1n) is 5.31. The van der Waals surface area contributed by atoms with Crippen molar-refractivity contribution in [3.8, 4) is 0 Å². The maximum atomic E-state index is 11.6. The summed E-state index contributed by atoms with van der Waals surface area (Å²) >= 11 is 0. The minimum Gasteiger partial charge on any atom is -0.394 e. The Hall–Kier alpha value is -1.60. The van der Waals surface area contributed by atoms with Crippen molar-refractivity contribution in [2.75, 3.05) is 17.6 Å². The summed E-state index contributed by atoms with van der Waals surface area (Å²) in [6, 6.07) is 5.69. The molecule has 0 aliphatic carbocycles. The number of hydrogen-bond donors (Lipinski definition) is 3. The second-order valence-electron chi connectivity index (χ2n) is 4.01. The van der Waals surface area contributed by atoms with Crippen molar-refractivity contribution in [3.63, 3.8) is 0 Å². The predicted octanol–water partition coefficient (Wildman–Crippen LogP) is 0.169. The number of hydrogen-bond acceptors (Lipinski definition) is 4. The van der Waals surface area contributed by atoms with Crippen molar-refractivity contribution >= 4 is 21.6 Å². The molecule has 0 aliphatic rings. The molecular weight excluding hydrogens is 256 g/mol. The Kier molecular flexibility index (Phi) is 4.69. The molecule has 0 radical (unpaired) electrons. The molecule has 100 valence electrons. The topological polar surface area (TPSA) is 95.5 Å². The van der Waals surface area contributed by atoms with Crippen molar-refractivity contribution in [2.45, 2.75) is 13.0 Å². The van der Waals surface area contributed by atoms with Crippen LogP contribution in [0.5, 0.6) is 0 Å². The molecule has 0 saturated carbocycles. The zero-order valence-electron chi connectivity index (χ0n) is 10.2. The largest absolute Gasteiger partial charge is 0.394 e. The maximum Gasteiger partial charge on any atom is 0.251 e. The normalized spacial score (nSPS) is 12.8. The Morgan fingerprint density at radius 1 is 1.33 bits per heavy atom. The smallest absolute Gasteiger partial charge is 0.251 e. The van der Waals surface area contributed by atoms with Crippen molar-refractivity contribution in [1.82, 2.24) is 5.32 Å². The van der Waals surface area contributed by atoms with Gasteiger partial charge in [-0.25, -0.2) is 8.42 Å². The van der Waals surface area contributed by atoms with Gasteiger partial charge < -0.3 is 10.4 Å².